The van der Waals surface area contributed by atoms with Crippen molar-refractivity contribution >= 4 is 40.7 Å². The highest BCUT2D eigenvalue weighted by molar-refractivity contribution is 6.59. The number of hydrogen-bond acceptors (Lipinski definition) is 2. The molecule has 0 bridgehead atoms. The van der Waals surface area contributed by atoms with Crippen molar-refractivity contribution in [1.29, 1.82) is 0 Å². The molecule has 0 aliphatic carbocycles. The van der Waals surface area contributed by atoms with E-state index < -0.39 is 0 Å². The maximum atomic E-state index is 5.69. The molecule has 0 aromatic heterocycles. The SMILES string of the molecule is COC(=NC(Cl)=C(Cl)Cl)c1ccccc1. The number of aliphatic imine (C=N–C) groups is 1. The minimum Gasteiger partial charge on any atom is -0.481 e. The van der Waals surface area contributed by atoms with Gasteiger partial charge in [-0.2, -0.15) is 4.99 Å². The van der Waals surface area contributed by atoms with E-state index in [0.717, 1.165) is 5.56 Å². The fourth-order valence-electron chi connectivity index (χ4n) is 0.940. The van der Waals surface area contributed by atoms with Crippen molar-refractivity contribution in [2.24, 2.45) is 4.99 Å². The van der Waals surface area contributed by atoms with Crippen molar-refractivity contribution in [1.82, 2.24) is 0 Å². The number of ether oxygens (including phenoxy) is 1. The minimum atomic E-state index is -0.0952. The molecule has 0 unspecified atom stereocenters. The number of hydrogen-bond donors (Lipinski definition) is 0. The number of halogens is 3. The van der Waals surface area contributed by atoms with Crippen LogP contribution in [0.2, 0.25) is 0 Å². The number of nitrogens with zero attached hydrogens (tertiary/aromatic N) is 1. The Hall–Kier alpha value is -0.700. The van der Waals surface area contributed by atoms with Crippen molar-refractivity contribution in [3.8, 4) is 0 Å². The van der Waals surface area contributed by atoms with Crippen LogP contribution >= 0.6 is 34.8 Å². The van der Waals surface area contributed by atoms with Crippen molar-refractivity contribution in [3.05, 3.63) is 45.5 Å². The van der Waals surface area contributed by atoms with E-state index in [1.54, 1.807) is 0 Å². The third-order valence-corrected chi connectivity index (χ3v) is 2.39. The number of methoxy groups -OCH3 is 1. The van der Waals surface area contributed by atoms with Crippen molar-refractivity contribution in [2.45, 2.75) is 0 Å². The van der Waals surface area contributed by atoms with E-state index in [1.165, 1.54) is 7.11 Å². The standard InChI is InChI=1S/C10H8Cl3NO/c1-15-10(14-9(13)8(11)12)7-5-3-2-4-6-7/h2-6H,1H3. The van der Waals surface area contributed by atoms with E-state index in [1.807, 2.05) is 30.3 Å². The molecule has 0 N–H and O–H groups in total. The van der Waals surface area contributed by atoms with Crippen LogP contribution in [0.1, 0.15) is 5.56 Å². The summed E-state index contributed by atoms with van der Waals surface area (Å²) in [7, 11) is 1.50. The molecule has 1 aromatic rings. The molecule has 15 heavy (non-hydrogen) atoms. The van der Waals surface area contributed by atoms with Crippen LogP contribution < -0.4 is 0 Å². The second-order valence-corrected chi connectivity index (χ2v) is 3.85. The van der Waals surface area contributed by atoms with E-state index in [9.17, 15) is 0 Å². The highest BCUT2D eigenvalue weighted by Gasteiger charge is 2.04. The molecule has 0 aliphatic heterocycles. The minimum absolute atomic E-state index is 0.000892. The topological polar surface area (TPSA) is 21.6 Å². The molecule has 0 saturated heterocycles. The molecular weight excluding hydrogens is 256 g/mol. The molecule has 0 spiro atoms. The van der Waals surface area contributed by atoms with Gasteiger partial charge in [0, 0.05) is 5.56 Å². The fraction of sp³-hybridized carbons (Fsp3) is 0.100. The lowest BCUT2D eigenvalue weighted by Crippen LogP contribution is -2.03. The Kier molecular flexibility index (Phi) is 4.95. The zero-order chi connectivity index (χ0) is 11.3. The first kappa shape index (κ1) is 12.4. The Balaban J connectivity index is 3.05. The van der Waals surface area contributed by atoms with Crippen LogP contribution in [0.15, 0.2) is 45.0 Å². The predicted molar refractivity (Wildman–Crippen MR) is 64.6 cm³/mol. The maximum Gasteiger partial charge on any atom is 0.221 e. The molecule has 0 atom stereocenters. The summed E-state index contributed by atoms with van der Waals surface area (Å²) in [4.78, 5) is 3.94. The molecular formula is C10H8Cl3NO. The molecule has 0 saturated carbocycles. The summed E-state index contributed by atoms with van der Waals surface area (Å²) < 4.78 is 4.98. The molecule has 2 nitrogen and oxygen atoms in total. The zero-order valence-corrected chi connectivity index (χ0v) is 10.1. The van der Waals surface area contributed by atoms with E-state index in [-0.39, 0.29) is 9.65 Å². The summed E-state index contributed by atoms with van der Waals surface area (Å²) in [6.45, 7) is 0. The molecule has 80 valence electrons. The summed E-state index contributed by atoms with van der Waals surface area (Å²) in [6, 6.07) is 9.31. The predicted octanol–water partition coefficient (Wildman–Crippen LogP) is 3.92. The van der Waals surface area contributed by atoms with Crippen LogP contribution in [0.4, 0.5) is 0 Å². The van der Waals surface area contributed by atoms with Crippen molar-refractivity contribution in [2.75, 3.05) is 7.11 Å². The van der Waals surface area contributed by atoms with Gasteiger partial charge in [0.25, 0.3) is 0 Å². The molecule has 0 aliphatic rings. The number of benzene rings is 1. The highest BCUT2D eigenvalue weighted by Crippen LogP contribution is 2.19. The average molecular weight is 265 g/mol. The zero-order valence-electron chi connectivity index (χ0n) is 7.88. The normalized spacial score (nSPS) is 11.1. The van der Waals surface area contributed by atoms with Crippen LogP contribution in [0.5, 0.6) is 0 Å². The van der Waals surface area contributed by atoms with Crippen LogP contribution in [0.25, 0.3) is 0 Å². The first-order valence-corrected chi connectivity index (χ1v) is 5.17. The van der Waals surface area contributed by atoms with E-state index in [2.05, 4.69) is 4.99 Å². The Labute approximate surface area is 103 Å². The van der Waals surface area contributed by atoms with Gasteiger partial charge in [-0.3, -0.25) is 0 Å². The molecule has 0 heterocycles. The maximum absolute atomic E-state index is 5.69. The Morgan fingerprint density at radius 1 is 1.13 bits per heavy atom. The van der Waals surface area contributed by atoms with Crippen LogP contribution in [-0.4, -0.2) is 13.0 Å². The lowest BCUT2D eigenvalue weighted by Gasteiger charge is -2.03. The molecule has 1 rings (SSSR count). The van der Waals surface area contributed by atoms with Gasteiger partial charge in [-0.05, 0) is 12.1 Å². The monoisotopic (exact) mass is 263 g/mol. The quantitative estimate of drug-likeness (QED) is 0.451. The lowest BCUT2D eigenvalue weighted by molar-refractivity contribution is 0.404. The summed E-state index contributed by atoms with van der Waals surface area (Å²) in [5, 5.41) is -0.000892. The van der Waals surface area contributed by atoms with Gasteiger partial charge in [0.1, 0.15) is 4.49 Å². The molecule has 0 fully saturated rings. The van der Waals surface area contributed by atoms with Gasteiger partial charge in [-0.15, -0.1) is 0 Å². The van der Waals surface area contributed by atoms with E-state index in [4.69, 9.17) is 39.5 Å². The molecule has 1 aromatic carbocycles. The Morgan fingerprint density at radius 2 is 1.73 bits per heavy atom. The van der Waals surface area contributed by atoms with Gasteiger partial charge in [0.15, 0.2) is 5.16 Å². The first-order chi connectivity index (χ1) is 7.15. The van der Waals surface area contributed by atoms with Crippen molar-refractivity contribution < 1.29 is 4.74 Å². The summed E-state index contributed by atoms with van der Waals surface area (Å²) >= 11 is 16.6. The summed E-state index contributed by atoms with van der Waals surface area (Å²) in [5.74, 6) is 0.361. The van der Waals surface area contributed by atoms with Crippen LogP contribution in [0, 0.1) is 0 Å². The molecule has 5 heteroatoms. The smallest absolute Gasteiger partial charge is 0.221 e. The Bertz CT molecular complexity index is 383. The molecule has 0 amide bonds. The van der Waals surface area contributed by atoms with Gasteiger partial charge >= 0.3 is 0 Å². The lowest BCUT2D eigenvalue weighted by atomic mass is 10.2. The van der Waals surface area contributed by atoms with Gasteiger partial charge < -0.3 is 4.74 Å². The largest absolute Gasteiger partial charge is 0.481 e. The number of rotatable bonds is 2. The first-order valence-electron chi connectivity index (χ1n) is 4.04. The van der Waals surface area contributed by atoms with Gasteiger partial charge in [0.2, 0.25) is 5.90 Å². The van der Waals surface area contributed by atoms with Gasteiger partial charge in [-0.25, -0.2) is 0 Å². The van der Waals surface area contributed by atoms with Crippen LogP contribution in [0.3, 0.4) is 0 Å². The fourth-order valence-corrected chi connectivity index (χ4v) is 1.10. The van der Waals surface area contributed by atoms with E-state index >= 15 is 0 Å². The average Bonchev–Trinajstić information content (AvgIpc) is 2.26. The summed E-state index contributed by atoms with van der Waals surface area (Å²) in [6.07, 6.45) is 0. The summed E-state index contributed by atoms with van der Waals surface area (Å²) in [5.41, 5.74) is 0.799. The Morgan fingerprint density at radius 3 is 2.20 bits per heavy atom. The van der Waals surface area contributed by atoms with Gasteiger partial charge in [0.05, 0.1) is 7.11 Å². The molecule has 0 radical (unpaired) electrons. The second-order valence-electron chi connectivity index (χ2n) is 2.54. The second kappa shape index (κ2) is 6.01. The van der Waals surface area contributed by atoms with Gasteiger partial charge in [-0.1, -0.05) is 53.0 Å². The third-order valence-electron chi connectivity index (χ3n) is 1.57. The highest BCUT2D eigenvalue weighted by atomic mass is 35.5. The third kappa shape index (κ3) is 3.74. The van der Waals surface area contributed by atoms with E-state index in [0.29, 0.717) is 5.90 Å². The van der Waals surface area contributed by atoms with Crippen molar-refractivity contribution in [3.63, 3.8) is 0 Å². The van der Waals surface area contributed by atoms with Crippen LogP contribution in [-0.2, 0) is 4.74 Å².